The van der Waals surface area contributed by atoms with E-state index < -0.39 is 9.84 Å². The number of carbonyl (C=O) groups excluding carboxylic acids is 1. The van der Waals surface area contributed by atoms with Crippen molar-refractivity contribution in [3.8, 4) is 0 Å². The molecule has 0 aliphatic rings. The minimum Gasteiger partial charge on any atom is -0.324 e. The maximum Gasteiger partial charge on any atom is 0.234 e. The Hall–Kier alpha value is -2.07. The Labute approximate surface area is 195 Å². The Kier molecular flexibility index (Phi) is 7.64. The summed E-state index contributed by atoms with van der Waals surface area (Å²) in [6, 6.07) is 11.5. The van der Waals surface area contributed by atoms with E-state index in [0.717, 1.165) is 5.56 Å². The lowest BCUT2D eigenvalue weighted by Gasteiger charge is -2.09. The fourth-order valence-electron chi connectivity index (χ4n) is 2.76. The zero-order chi connectivity index (χ0) is 22.6. The average molecular weight is 499 g/mol. The Morgan fingerprint density at radius 1 is 1.13 bits per heavy atom. The number of amides is 1. The largest absolute Gasteiger partial charge is 0.324 e. The van der Waals surface area contributed by atoms with Crippen LogP contribution in [0.25, 0.3) is 0 Å². The van der Waals surface area contributed by atoms with Crippen molar-refractivity contribution in [3.63, 3.8) is 0 Å². The summed E-state index contributed by atoms with van der Waals surface area (Å²) in [5.74, 6) is -0.174. The van der Waals surface area contributed by atoms with Gasteiger partial charge in [0.05, 0.1) is 21.4 Å². The maximum absolute atomic E-state index is 12.7. The molecular weight excluding hydrogens is 479 g/mol. The molecule has 0 radical (unpaired) electrons. The van der Waals surface area contributed by atoms with Gasteiger partial charge in [-0.15, -0.1) is 10.2 Å². The van der Waals surface area contributed by atoms with Gasteiger partial charge in [-0.05, 0) is 44.2 Å². The number of sulfone groups is 1. The normalized spacial score (nSPS) is 11.5. The molecule has 0 fully saturated rings. The maximum atomic E-state index is 12.7. The number of nitrogens with zero attached hydrogens (tertiary/aromatic N) is 3. The summed E-state index contributed by atoms with van der Waals surface area (Å²) in [5, 5.41) is 12.1. The Morgan fingerprint density at radius 2 is 1.84 bits per heavy atom. The molecule has 2 aromatic carbocycles. The van der Waals surface area contributed by atoms with E-state index in [1.807, 2.05) is 13.8 Å². The number of hydrogen-bond donors (Lipinski definition) is 1. The van der Waals surface area contributed by atoms with Gasteiger partial charge < -0.3 is 9.88 Å². The van der Waals surface area contributed by atoms with Gasteiger partial charge in [0.25, 0.3) is 0 Å². The smallest absolute Gasteiger partial charge is 0.234 e. The predicted molar refractivity (Wildman–Crippen MR) is 124 cm³/mol. The lowest BCUT2D eigenvalue weighted by Crippen LogP contribution is -2.15. The summed E-state index contributed by atoms with van der Waals surface area (Å²) in [6.07, 6.45) is 0. The molecule has 1 aromatic heterocycles. The van der Waals surface area contributed by atoms with Gasteiger partial charge in [0.2, 0.25) is 5.91 Å². The number of benzene rings is 2. The first-order valence-electron chi connectivity index (χ1n) is 9.29. The van der Waals surface area contributed by atoms with Crippen molar-refractivity contribution in [2.45, 2.75) is 36.2 Å². The van der Waals surface area contributed by atoms with Crippen LogP contribution in [0.3, 0.4) is 0 Å². The van der Waals surface area contributed by atoms with Crippen LogP contribution >= 0.6 is 35.0 Å². The lowest BCUT2D eigenvalue weighted by molar-refractivity contribution is -0.113. The van der Waals surface area contributed by atoms with Gasteiger partial charge in [-0.3, -0.25) is 4.79 Å². The molecule has 0 saturated heterocycles. The number of carbonyl (C=O) groups is 1. The highest BCUT2D eigenvalue weighted by Crippen LogP contribution is 2.26. The second-order valence-electron chi connectivity index (χ2n) is 6.68. The highest BCUT2D eigenvalue weighted by Gasteiger charge is 2.21. The molecule has 0 saturated carbocycles. The number of nitrogens with one attached hydrogen (secondary N) is 1. The number of aryl methyl sites for hydroxylation is 1. The molecule has 0 aliphatic carbocycles. The Morgan fingerprint density at radius 3 is 2.48 bits per heavy atom. The van der Waals surface area contributed by atoms with Crippen LogP contribution in [0.15, 0.2) is 52.5 Å². The van der Waals surface area contributed by atoms with Crippen LogP contribution in [0.2, 0.25) is 10.0 Å². The average Bonchev–Trinajstić information content (AvgIpc) is 3.09. The van der Waals surface area contributed by atoms with E-state index in [9.17, 15) is 13.2 Å². The summed E-state index contributed by atoms with van der Waals surface area (Å²) < 4.78 is 27.2. The van der Waals surface area contributed by atoms with Crippen molar-refractivity contribution >= 4 is 56.4 Å². The molecule has 0 spiro atoms. The molecule has 164 valence electrons. The molecule has 1 amide bonds. The number of hydrogen-bond acceptors (Lipinski definition) is 6. The van der Waals surface area contributed by atoms with Crippen molar-refractivity contribution in [2.75, 3.05) is 11.1 Å². The highest BCUT2D eigenvalue weighted by molar-refractivity contribution is 7.99. The molecule has 1 N–H and O–H groups in total. The SMILES string of the molecule is CCn1c(CS(=O)(=O)c2ccc(C)cc2)nnc1SCC(=O)Nc1ccc(Cl)cc1Cl. The van der Waals surface area contributed by atoms with Gasteiger partial charge in [0, 0.05) is 11.6 Å². The lowest BCUT2D eigenvalue weighted by atomic mass is 10.2. The molecule has 3 rings (SSSR count). The standard InChI is InChI=1S/C20H20Cl2N4O3S2/c1-3-26-18(12-31(28,29)15-7-4-13(2)5-8-15)24-25-20(26)30-11-19(27)23-17-9-6-14(21)10-16(17)22/h4-10H,3,11-12H2,1-2H3,(H,23,27). The van der Waals surface area contributed by atoms with Gasteiger partial charge >= 0.3 is 0 Å². The number of halogens is 2. The zero-order valence-electron chi connectivity index (χ0n) is 16.8. The topological polar surface area (TPSA) is 93.9 Å². The van der Waals surface area contributed by atoms with Crippen LogP contribution in [0.1, 0.15) is 18.3 Å². The number of anilines is 1. The van der Waals surface area contributed by atoms with E-state index in [1.165, 1.54) is 11.8 Å². The van der Waals surface area contributed by atoms with Gasteiger partial charge in [0.1, 0.15) is 11.6 Å². The van der Waals surface area contributed by atoms with Crippen molar-refractivity contribution < 1.29 is 13.2 Å². The Bertz CT molecular complexity index is 1200. The van der Waals surface area contributed by atoms with Crippen molar-refractivity contribution in [2.24, 2.45) is 0 Å². The van der Waals surface area contributed by atoms with Crippen molar-refractivity contribution in [1.82, 2.24) is 14.8 Å². The summed E-state index contributed by atoms with van der Waals surface area (Å²) in [4.78, 5) is 12.5. The molecule has 11 heteroatoms. The number of thioether (sulfide) groups is 1. The summed E-state index contributed by atoms with van der Waals surface area (Å²) in [7, 11) is -3.57. The Balaban J connectivity index is 1.68. The molecule has 7 nitrogen and oxygen atoms in total. The van der Waals surface area contributed by atoms with Crippen molar-refractivity contribution in [3.05, 3.63) is 63.9 Å². The van der Waals surface area contributed by atoms with Gasteiger partial charge in [-0.1, -0.05) is 52.7 Å². The quantitative estimate of drug-likeness (QED) is 0.455. The zero-order valence-corrected chi connectivity index (χ0v) is 19.9. The van der Waals surface area contributed by atoms with E-state index in [1.54, 1.807) is 47.0 Å². The monoisotopic (exact) mass is 498 g/mol. The third kappa shape index (κ3) is 6.00. The van der Waals surface area contributed by atoms with E-state index in [-0.39, 0.29) is 22.3 Å². The second kappa shape index (κ2) is 10.0. The molecule has 0 atom stereocenters. The fourth-order valence-corrected chi connectivity index (χ4v) is 5.30. The van der Waals surface area contributed by atoms with Crippen LogP contribution in [-0.4, -0.2) is 34.8 Å². The molecule has 31 heavy (non-hydrogen) atoms. The van der Waals surface area contributed by atoms with E-state index in [0.29, 0.717) is 33.3 Å². The van der Waals surface area contributed by atoms with Crippen LogP contribution < -0.4 is 5.32 Å². The van der Waals surface area contributed by atoms with E-state index in [2.05, 4.69) is 15.5 Å². The fraction of sp³-hybridized carbons (Fsp3) is 0.250. The summed E-state index contributed by atoms with van der Waals surface area (Å²) in [6.45, 7) is 4.23. The van der Waals surface area contributed by atoms with E-state index >= 15 is 0 Å². The van der Waals surface area contributed by atoms with Crippen LogP contribution in [0.4, 0.5) is 5.69 Å². The van der Waals surface area contributed by atoms with Crippen LogP contribution in [0, 0.1) is 6.92 Å². The third-order valence-electron chi connectivity index (χ3n) is 4.35. The second-order valence-corrected chi connectivity index (χ2v) is 10.5. The highest BCUT2D eigenvalue weighted by atomic mass is 35.5. The van der Waals surface area contributed by atoms with Gasteiger partial charge in [0.15, 0.2) is 15.0 Å². The van der Waals surface area contributed by atoms with Crippen LogP contribution in [0.5, 0.6) is 0 Å². The third-order valence-corrected chi connectivity index (χ3v) is 7.49. The molecule has 3 aromatic rings. The molecule has 0 aliphatic heterocycles. The first kappa shape index (κ1) is 23.6. The molecule has 0 bridgehead atoms. The summed E-state index contributed by atoms with van der Waals surface area (Å²) >= 11 is 13.1. The number of rotatable bonds is 8. The predicted octanol–water partition coefficient (Wildman–Crippen LogP) is 4.62. The first-order valence-corrected chi connectivity index (χ1v) is 12.7. The first-order chi connectivity index (χ1) is 14.7. The summed E-state index contributed by atoms with van der Waals surface area (Å²) in [5.41, 5.74) is 1.44. The van der Waals surface area contributed by atoms with Crippen LogP contribution in [-0.2, 0) is 26.9 Å². The van der Waals surface area contributed by atoms with E-state index in [4.69, 9.17) is 23.2 Å². The molecule has 0 unspecified atom stereocenters. The minimum absolute atomic E-state index is 0.0573. The molecule has 1 heterocycles. The minimum atomic E-state index is -3.57. The van der Waals surface area contributed by atoms with Crippen molar-refractivity contribution in [1.29, 1.82) is 0 Å². The van der Waals surface area contributed by atoms with Gasteiger partial charge in [-0.2, -0.15) is 0 Å². The van der Waals surface area contributed by atoms with Gasteiger partial charge in [-0.25, -0.2) is 8.42 Å². The molecular formula is C20H20Cl2N4O3S2. The number of aromatic nitrogens is 3.